The van der Waals surface area contributed by atoms with Gasteiger partial charge in [-0.2, -0.15) is 40.5 Å². The highest BCUT2D eigenvalue weighted by Crippen LogP contribution is 2.10. The van der Waals surface area contributed by atoms with Crippen LogP contribution in [0, 0.1) is 5.92 Å². The molecule has 0 atom stereocenters. The van der Waals surface area contributed by atoms with Gasteiger partial charge in [0.15, 0.2) is 0 Å². The van der Waals surface area contributed by atoms with Crippen LogP contribution >= 0.6 is 60.6 Å². The van der Waals surface area contributed by atoms with Gasteiger partial charge in [0.2, 0.25) is 0 Å². The molecular formula is C6H14Al2Cl2I2. The van der Waals surface area contributed by atoms with Gasteiger partial charge in [-0.15, -0.1) is 0 Å². The van der Waals surface area contributed by atoms with E-state index in [0.29, 0.717) is 5.92 Å². The van der Waals surface area contributed by atoms with E-state index in [0.717, 1.165) is 5.28 Å². The zero-order valence-electron chi connectivity index (χ0n) is 7.66. The number of halogens is 4. The second-order valence-electron chi connectivity index (χ2n) is 2.82. The zero-order valence-corrected chi connectivity index (χ0v) is 15.8. The Labute approximate surface area is 116 Å². The Morgan fingerprint density at radius 3 is 1.58 bits per heavy atom. The molecule has 0 amide bonds. The minimum Gasteiger partial charge on any atom is -0.234 e. The Kier molecular flexibility index (Phi) is 17.8. The summed E-state index contributed by atoms with van der Waals surface area (Å²) in [5.74, 6) is 0.673. The molecule has 0 aliphatic rings. The van der Waals surface area contributed by atoms with Crippen molar-refractivity contribution < 1.29 is 0 Å². The van der Waals surface area contributed by atoms with Crippen molar-refractivity contribution in [2.45, 2.75) is 31.3 Å². The van der Waals surface area contributed by atoms with Crippen LogP contribution < -0.4 is 0 Å². The maximum absolute atomic E-state index is 5.58. The Morgan fingerprint density at radius 2 is 1.58 bits per heavy atom. The van der Waals surface area contributed by atoms with Gasteiger partial charge in [0.25, 0.3) is 0 Å². The molecule has 0 unspecified atom stereocenters. The summed E-state index contributed by atoms with van der Waals surface area (Å²) in [6.07, 6.45) is 0. The predicted octanol–water partition coefficient (Wildman–Crippen LogP) is 4.97. The summed E-state index contributed by atoms with van der Waals surface area (Å²) in [6.45, 7) is 6.51. The number of hydrogen-bond acceptors (Lipinski definition) is 0. The van der Waals surface area contributed by atoms with Gasteiger partial charge in [-0.1, -0.05) is 37.3 Å². The van der Waals surface area contributed by atoms with E-state index in [1.54, 1.807) is 0 Å². The lowest BCUT2D eigenvalue weighted by atomic mass is 10.3. The smallest absolute Gasteiger partial charge is 0.234 e. The normalized spacial score (nSPS) is 9.00. The molecule has 0 aliphatic heterocycles. The van der Waals surface area contributed by atoms with Crippen molar-refractivity contribution in [2.24, 2.45) is 5.92 Å². The lowest BCUT2D eigenvalue weighted by Gasteiger charge is -1.97. The molecule has 0 saturated carbocycles. The second kappa shape index (κ2) is 12.2. The summed E-state index contributed by atoms with van der Waals surface area (Å²) in [6, 6.07) is 0. The molecule has 0 aliphatic carbocycles. The molecule has 0 rings (SSSR count). The minimum atomic E-state index is -1.28. The van der Waals surface area contributed by atoms with Gasteiger partial charge in [-0.3, -0.25) is 0 Å². The zero-order chi connectivity index (χ0) is 10.1. The summed E-state index contributed by atoms with van der Waals surface area (Å²) in [5, 5.41) is 2.45. The highest BCUT2D eigenvalue weighted by atomic mass is 127. The van der Waals surface area contributed by atoms with Crippen molar-refractivity contribution in [3.63, 3.8) is 0 Å². The third kappa shape index (κ3) is 23.2. The Balaban J connectivity index is 0. The number of rotatable bonds is 3. The predicted molar refractivity (Wildman–Crippen MR) is 81.4 cm³/mol. The molecule has 0 N–H and O–H groups in total. The first-order valence-corrected chi connectivity index (χ1v) is 17.4. The van der Waals surface area contributed by atoms with Gasteiger partial charge in [-0.05, 0) is 0 Å². The van der Waals surface area contributed by atoms with Gasteiger partial charge >= 0.3 is 19.9 Å². The quantitative estimate of drug-likeness (QED) is 0.408. The molecular weight excluding hydrogens is 451 g/mol. The molecule has 0 heterocycles. The van der Waals surface area contributed by atoms with Crippen LogP contribution in [-0.4, -0.2) is 19.9 Å². The van der Waals surface area contributed by atoms with Crippen LogP contribution in [0.5, 0.6) is 0 Å². The highest BCUT2D eigenvalue weighted by Gasteiger charge is 2.11. The molecule has 72 valence electrons. The molecule has 0 radical (unpaired) electrons. The maximum Gasteiger partial charge on any atom is 0.519 e. The first-order chi connectivity index (χ1) is 5.40. The maximum atomic E-state index is 5.58. The van der Waals surface area contributed by atoms with Crippen LogP contribution in [-0.2, 0) is 0 Å². The Bertz CT molecular complexity index is 85.6. The molecule has 0 bridgehead atoms. The van der Waals surface area contributed by atoms with Crippen molar-refractivity contribution in [3.05, 3.63) is 0 Å². The van der Waals surface area contributed by atoms with Gasteiger partial charge in [0, 0.05) is 0 Å². The topological polar surface area (TPSA) is 0 Å². The Hall–Kier alpha value is 3.10. The third-order valence-electron chi connectivity index (χ3n) is 0.958. The van der Waals surface area contributed by atoms with Crippen LogP contribution in [0.4, 0.5) is 0 Å². The van der Waals surface area contributed by atoms with E-state index in [2.05, 4.69) is 61.3 Å². The largest absolute Gasteiger partial charge is 0.519 e. The van der Waals surface area contributed by atoms with Crippen molar-refractivity contribution in [3.8, 4) is 0 Å². The van der Waals surface area contributed by atoms with E-state index in [1.165, 1.54) is 5.28 Å². The molecule has 0 aromatic rings. The van der Waals surface area contributed by atoms with E-state index in [9.17, 15) is 0 Å². The SMILES string of the molecule is CC(C)[CH2][Al]([Cl])[Cl].C[CH2][Al]([I])[I]. The molecule has 12 heavy (non-hydrogen) atoms. The first-order valence-electron chi connectivity index (χ1n) is 3.96. The van der Waals surface area contributed by atoms with E-state index in [1.807, 2.05) is 0 Å². The first kappa shape index (κ1) is 17.5. The summed E-state index contributed by atoms with van der Waals surface area (Å²) in [4.78, 5) is 0. The van der Waals surface area contributed by atoms with E-state index >= 15 is 0 Å². The summed E-state index contributed by atoms with van der Waals surface area (Å²) < 4.78 is 0. The van der Waals surface area contributed by atoms with Gasteiger partial charge in [0.05, 0.1) is 0 Å². The average molecular weight is 465 g/mol. The van der Waals surface area contributed by atoms with Crippen molar-refractivity contribution in [1.82, 2.24) is 0 Å². The number of hydrogen-bond donors (Lipinski definition) is 0. The van der Waals surface area contributed by atoms with E-state index in [4.69, 9.17) is 20.1 Å². The lowest BCUT2D eigenvalue weighted by molar-refractivity contribution is 0.732. The van der Waals surface area contributed by atoms with Crippen LogP contribution in [0.25, 0.3) is 0 Å². The minimum absolute atomic E-state index is 0.210. The molecule has 0 saturated heterocycles. The standard InChI is InChI=1S/C4H9.C2H5.2Al.2ClH.2HI/c1-4(2)3;1-2;;;;;;/h4H,1H2,2-3H3;1H2,2H3;;;4*1H/q;;2*+2;;;;/p-4. The van der Waals surface area contributed by atoms with Crippen molar-refractivity contribution >= 4 is 80.5 Å². The van der Waals surface area contributed by atoms with Crippen molar-refractivity contribution in [2.75, 3.05) is 0 Å². The lowest BCUT2D eigenvalue weighted by Crippen LogP contribution is -1.97. The molecule has 0 nitrogen and oxygen atoms in total. The molecule has 0 aromatic heterocycles. The fourth-order valence-electron chi connectivity index (χ4n) is 0.356. The van der Waals surface area contributed by atoms with Gasteiger partial charge < -0.3 is 0 Å². The van der Waals surface area contributed by atoms with Crippen LogP contribution in [0.2, 0.25) is 10.6 Å². The second-order valence-corrected chi connectivity index (χ2v) is 25.7. The van der Waals surface area contributed by atoms with Gasteiger partial charge in [-0.25, -0.2) is 20.1 Å². The Morgan fingerprint density at radius 1 is 1.25 bits per heavy atom. The molecule has 0 aromatic carbocycles. The molecule has 0 spiro atoms. The van der Waals surface area contributed by atoms with E-state index < -0.39 is 12.3 Å². The van der Waals surface area contributed by atoms with Gasteiger partial charge in [0.1, 0.15) is 0 Å². The van der Waals surface area contributed by atoms with E-state index in [-0.39, 0.29) is 7.58 Å². The van der Waals surface area contributed by atoms with Crippen LogP contribution in [0.15, 0.2) is 0 Å². The third-order valence-corrected chi connectivity index (χ3v) is 9.23. The average Bonchev–Trinajstić information content (AvgIpc) is 1.85. The highest BCUT2D eigenvalue weighted by molar-refractivity contribution is 14.3. The fourth-order valence-corrected chi connectivity index (χ4v) is 3.21. The fraction of sp³-hybridized carbons (Fsp3) is 1.00. The van der Waals surface area contributed by atoms with Crippen LogP contribution in [0.1, 0.15) is 20.8 Å². The van der Waals surface area contributed by atoms with Crippen LogP contribution in [0.3, 0.4) is 0 Å². The molecule has 6 heteroatoms. The summed E-state index contributed by atoms with van der Waals surface area (Å²) in [5.41, 5.74) is 0. The summed E-state index contributed by atoms with van der Waals surface area (Å²) >= 11 is 3.78. The monoisotopic (exact) mass is 464 g/mol. The summed E-state index contributed by atoms with van der Waals surface area (Å²) in [7, 11) is 10.9. The van der Waals surface area contributed by atoms with Crippen molar-refractivity contribution in [1.29, 1.82) is 0 Å². The molecule has 0 fully saturated rings.